The van der Waals surface area contributed by atoms with Crippen molar-refractivity contribution in [3.05, 3.63) is 0 Å². The van der Waals surface area contributed by atoms with Crippen LogP contribution in [0.2, 0.25) is 0 Å². The van der Waals surface area contributed by atoms with E-state index in [1.165, 1.54) is 0 Å². The molecule has 0 heterocycles. The van der Waals surface area contributed by atoms with Crippen molar-refractivity contribution in [2.75, 3.05) is 13.2 Å². The molecule has 3 nitrogen and oxygen atoms in total. The van der Waals surface area contributed by atoms with E-state index < -0.39 is 6.10 Å². The zero-order valence-corrected chi connectivity index (χ0v) is 7.72. The van der Waals surface area contributed by atoms with Crippen molar-refractivity contribution in [1.29, 1.82) is 0 Å². The van der Waals surface area contributed by atoms with Crippen LogP contribution in [-0.2, 0) is 0 Å². The molecule has 0 bridgehead atoms. The summed E-state index contributed by atoms with van der Waals surface area (Å²) in [6.45, 7) is -0.729. The van der Waals surface area contributed by atoms with Gasteiger partial charge in [0.1, 0.15) is 6.10 Å². The second kappa shape index (κ2) is 6.78. The zero-order valence-electron chi connectivity index (χ0n) is 3.83. The van der Waals surface area contributed by atoms with Gasteiger partial charge in [-0.3, -0.25) is 0 Å². The van der Waals surface area contributed by atoms with Crippen molar-refractivity contribution in [3.63, 3.8) is 0 Å². The molecule has 0 aliphatic carbocycles. The van der Waals surface area contributed by atoms with Gasteiger partial charge < -0.3 is 15.3 Å². The first kappa shape index (κ1) is 10.7. The summed E-state index contributed by atoms with van der Waals surface area (Å²) in [5, 5.41) is 24.0. The van der Waals surface area contributed by atoms with Crippen LogP contribution in [0, 0.1) is 0 Å². The van der Waals surface area contributed by atoms with Crippen LogP contribution in [0.5, 0.6) is 0 Å². The molecule has 4 heteroatoms. The van der Waals surface area contributed by atoms with Gasteiger partial charge in [-0.15, -0.1) is 0 Å². The third-order valence-corrected chi connectivity index (χ3v) is 0.421. The minimum absolute atomic E-state index is 0. The van der Waals surface area contributed by atoms with E-state index in [1.54, 1.807) is 0 Å². The molecule has 0 fully saturated rings. The molecule has 0 rings (SSSR count). The standard InChI is InChI=1S/C3H8O3.Po.2H/c4-1-3(6)2-5;;;/h3-6H,1-2H2;;;. The SMILES string of the molecule is OCC(O)CO.[PoH2]. The fraction of sp³-hybridized carbons (Fsp3) is 1.00. The van der Waals surface area contributed by atoms with E-state index in [0.717, 1.165) is 0 Å². The number of rotatable bonds is 2. The first-order valence-corrected chi connectivity index (χ1v) is 1.71. The molecule has 0 atom stereocenters. The van der Waals surface area contributed by atoms with Gasteiger partial charge in [-0.1, -0.05) is 0 Å². The quantitative estimate of drug-likeness (QED) is 0.525. The Kier molecular flexibility index (Phi) is 10.4. The summed E-state index contributed by atoms with van der Waals surface area (Å²) in [6.07, 6.45) is -0.954. The Morgan fingerprint density at radius 2 is 1.43 bits per heavy atom. The van der Waals surface area contributed by atoms with E-state index >= 15 is 0 Å². The molecule has 0 radical (unpaired) electrons. The molecule has 0 spiro atoms. The van der Waals surface area contributed by atoms with Crippen molar-refractivity contribution < 1.29 is 15.3 Å². The van der Waals surface area contributed by atoms with Gasteiger partial charge in [0.15, 0.2) is 0 Å². The number of aliphatic hydroxyl groups excluding tert-OH is 3. The maximum atomic E-state index is 8.17. The second-order valence-corrected chi connectivity index (χ2v) is 1.02. The first-order valence-electron chi connectivity index (χ1n) is 1.71. The van der Waals surface area contributed by atoms with Gasteiger partial charge in [0, 0.05) is 0 Å². The second-order valence-electron chi connectivity index (χ2n) is 1.02. The Morgan fingerprint density at radius 1 is 1.14 bits per heavy atom. The molecule has 0 saturated carbocycles. The number of aliphatic hydroxyl groups is 3. The van der Waals surface area contributed by atoms with Crippen LogP contribution in [0.25, 0.3) is 0 Å². The number of hydrogen-bond acceptors (Lipinski definition) is 3. The average Bonchev–Trinajstić information content (AvgIpc) is 1.65. The van der Waals surface area contributed by atoms with Gasteiger partial charge in [0.05, 0.1) is 13.2 Å². The van der Waals surface area contributed by atoms with Gasteiger partial charge in [-0.2, -0.15) is 0 Å². The molecule has 0 aliphatic rings. The molecule has 0 aromatic rings. The summed E-state index contributed by atoms with van der Waals surface area (Å²) in [5.74, 6) is 0. The summed E-state index contributed by atoms with van der Waals surface area (Å²) in [7, 11) is 0. The van der Waals surface area contributed by atoms with E-state index in [-0.39, 0.29) is 39.8 Å². The fourth-order valence-electron chi connectivity index (χ4n) is 0.0577. The predicted octanol–water partition coefficient (Wildman–Crippen LogP) is -2.58. The molecule has 0 aliphatic heterocycles. The Bertz CT molecular complexity index is 29.4. The molecular formula is C3H10O3Po. The Balaban J connectivity index is 0. The Labute approximate surface area is 61.4 Å². The zero-order chi connectivity index (χ0) is 4.99. The number of hydrogen-bond donors (Lipinski definition) is 3. The van der Waals surface area contributed by atoms with Gasteiger partial charge in [0.2, 0.25) is 0 Å². The van der Waals surface area contributed by atoms with Crippen molar-refractivity contribution >= 4 is 26.6 Å². The molecular weight excluding hydrogens is 293 g/mol. The molecule has 3 N–H and O–H groups in total. The van der Waals surface area contributed by atoms with Crippen molar-refractivity contribution in [2.45, 2.75) is 6.10 Å². The van der Waals surface area contributed by atoms with Crippen LogP contribution >= 0.6 is 0 Å². The van der Waals surface area contributed by atoms with Crippen LogP contribution < -0.4 is 0 Å². The van der Waals surface area contributed by atoms with Gasteiger partial charge in [0.25, 0.3) is 0 Å². The van der Waals surface area contributed by atoms with Crippen LogP contribution in [-0.4, -0.2) is 61.2 Å². The van der Waals surface area contributed by atoms with Gasteiger partial charge >= 0.3 is 26.6 Å². The Hall–Kier alpha value is 0.776. The van der Waals surface area contributed by atoms with Crippen molar-refractivity contribution in [2.24, 2.45) is 0 Å². The molecule has 0 saturated heterocycles. The van der Waals surface area contributed by atoms with Crippen LogP contribution in [0.15, 0.2) is 0 Å². The third-order valence-electron chi connectivity index (χ3n) is 0.421. The van der Waals surface area contributed by atoms with Gasteiger partial charge in [-0.25, -0.2) is 0 Å². The van der Waals surface area contributed by atoms with E-state index in [4.69, 9.17) is 15.3 Å². The topological polar surface area (TPSA) is 60.7 Å². The third kappa shape index (κ3) is 6.78. The average molecular weight is 303 g/mol. The van der Waals surface area contributed by atoms with Crippen LogP contribution in [0.3, 0.4) is 0 Å². The van der Waals surface area contributed by atoms with E-state index in [2.05, 4.69) is 0 Å². The molecule has 46 valence electrons. The van der Waals surface area contributed by atoms with Crippen molar-refractivity contribution in [1.82, 2.24) is 0 Å². The molecule has 7 heavy (non-hydrogen) atoms. The minimum atomic E-state index is -0.954. The van der Waals surface area contributed by atoms with Crippen LogP contribution in [0.4, 0.5) is 0 Å². The van der Waals surface area contributed by atoms with Crippen molar-refractivity contribution in [3.8, 4) is 0 Å². The van der Waals surface area contributed by atoms with Gasteiger partial charge in [-0.05, 0) is 0 Å². The van der Waals surface area contributed by atoms with E-state index in [0.29, 0.717) is 0 Å². The summed E-state index contributed by atoms with van der Waals surface area (Å²) < 4.78 is 0. The molecule has 0 unspecified atom stereocenters. The van der Waals surface area contributed by atoms with E-state index in [1.807, 2.05) is 0 Å². The summed E-state index contributed by atoms with van der Waals surface area (Å²) in [5.41, 5.74) is 0. The molecule has 0 aromatic carbocycles. The molecule has 0 aromatic heterocycles. The summed E-state index contributed by atoms with van der Waals surface area (Å²) in [6, 6.07) is 0. The van der Waals surface area contributed by atoms with Crippen LogP contribution in [0.1, 0.15) is 0 Å². The normalized spacial score (nSPS) is 8.57. The monoisotopic (exact) mass is 303 g/mol. The van der Waals surface area contributed by atoms with E-state index in [9.17, 15) is 0 Å². The predicted molar refractivity (Wildman–Crippen MR) is 28.7 cm³/mol. The maximum absolute atomic E-state index is 8.17. The summed E-state index contributed by atoms with van der Waals surface area (Å²) in [4.78, 5) is 0. The fourth-order valence-corrected chi connectivity index (χ4v) is 0.0577. The molecule has 0 amide bonds. The summed E-state index contributed by atoms with van der Waals surface area (Å²) >= 11 is 0. The Morgan fingerprint density at radius 3 is 1.43 bits per heavy atom. The first-order chi connectivity index (χ1) is 2.81.